The fourth-order valence-electron chi connectivity index (χ4n) is 3.95. The number of piperidine rings is 1. The lowest BCUT2D eigenvalue weighted by Gasteiger charge is -2.37. The van der Waals surface area contributed by atoms with E-state index < -0.39 is 0 Å². The van der Waals surface area contributed by atoms with Crippen LogP contribution in [0.25, 0.3) is 0 Å². The lowest BCUT2D eigenvalue weighted by Crippen LogP contribution is -2.52. The molecule has 0 unspecified atom stereocenters. The molecule has 2 amide bonds. The molecule has 2 atom stereocenters. The van der Waals surface area contributed by atoms with Gasteiger partial charge in [0, 0.05) is 30.3 Å². The van der Waals surface area contributed by atoms with Crippen LogP contribution in [0, 0.1) is 5.92 Å². The Labute approximate surface area is 143 Å². The summed E-state index contributed by atoms with van der Waals surface area (Å²) in [5.41, 5.74) is 0. The molecule has 0 aromatic carbocycles. The van der Waals surface area contributed by atoms with Crippen LogP contribution in [0.5, 0.6) is 0 Å². The first-order valence-electron chi connectivity index (χ1n) is 9.18. The van der Waals surface area contributed by atoms with E-state index in [1.165, 1.54) is 19.3 Å². The molecule has 132 valence electrons. The van der Waals surface area contributed by atoms with E-state index in [0.29, 0.717) is 30.4 Å². The predicted molar refractivity (Wildman–Crippen MR) is 92.7 cm³/mol. The van der Waals surface area contributed by atoms with Crippen LogP contribution in [0.1, 0.15) is 45.4 Å². The molecule has 6 heteroatoms. The van der Waals surface area contributed by atoms with Gasteiger partial charge in [-0.2, -0.15) is 11.8 Å². The van der Waals surface area contributed by atoms with E-state index in [-0.39, 0.29) is 12.3 Å². The van der Waals surface area contributed by atoms with Crippen molar-refractivity contribution in [1.29, 1.82) is 0 Å². The van der Waals surface area contributed by atoms with Gasteiger partial charge in [0.05, 0.1) is 13.2 Å². The predicted octanol–water partition coefficient (Wildman–Crippen LogP) is 2.85. The van der Waals surface area contributed by atoms with Crippen LogP contribution in [0.2, 0.25) is 0 Å². The van der Waals surface area contributed by atoms with Gasteiger partial charge in [-0.05, 0) is 31.4 Å². The first kappa shape index (κ1) is 17.4. The van der Waals surface area contributed by atoms with Crippen LogP contribution in [0.4, 0.5) is 4.79 Å². The minimum atomic E-state index is -0.0381. The number of rotatable bonds is 4. The fraction of sp³-hybridized carbons (Fsp3) is 0.941. The number of ether oxygens (including phenoxy) is 2. The number of likely N-dealkylation sites (tertiary alicyclic amines) is 1. The Hall–Kier alpha value is -0.460. The summed E-state index contributed by atoms with van der Waals surface area (Å²) >= 11 is 2.00. The molecule has 0 aromatic rings. The second kappa shape index (κ2) is 8.58. The number of carbonyl (C=O) groups is 1. The molecule has 2 saturated heterocycles. The number of urea groups is 1. The minimum absolute atomic E-state index is 0.0381. The first-order valence-corrected chi connectivity index (χ1v) is 10.2. The SMILES string of the molecule is CCS[C@H]1CCCC[C@H]1NC(=O)N1CCC(C2OCCO2)CC1. The van der Waals surface area contributed by atoms with E-state index in [2.05, 4.69) is 12.2 Å². The summed E-state index contributed by atoms with van der Waals surface area (Å²) in [7, 11) is 0. The third kappa shape index (κ3) is 4.54. The molecular formula is C17H30N2O3S. The zero-order valence-corrected chi connectivity index (χ0v) is 15.0. The highest BCUT2D eigenvalue weighted by Crippen LogP contribution is 2.29. The number of thioether (sulfide) groups is 1. The van der Waals surface area contributed by atoms with Crippen molar-refractivity contribution >= 4 is 17.8 Å². The van der Waals surface area contributed by atoms with E-state index in [0.717, 1.165) is 38.1 Å². The van der Waals surface area contributed by atoms with E-state index >= 15 is 0 Å². The van der Waals surface area contributed by atoms with Gasteiger partial charge in [0.1, 0.15) is 0 Å². The number of nitrogens with zero attached hydrogens (tertiary/aromatic N) is 1. The Morgan fingerprint density at radius 1 is 1.13 bits per heavy atom. The highest BCUT2D eigenvalue weighted by Gasteiger charge is 2.33. The summed E-state index contributed by atoms with van der Waals surface area (Å²) < 4.78 is 11.2. The highest BCUT2D eigenvalue weighted by atomic mass is 32.2. The Morgan fingerprint density at radius 2 is 1.83 bits per heavy atom. The molecule has 1 aliphatic carbocycles. The van der Waals surface area contributed by atoms with Gasteiger partial charge in [0.15, 0.2) is 6.29 Å². The maximum absolute atomic E-state index is 12.6. The molecule has 3 aliphatic rings. The molecule has 3 fully saturated rings. The van der Waals surface area contributed by atoms with Gasteiger partial charge in [0.25, 0.3) is 0 Å². The van der Waals surface area contributed by atoms with Gasteiger partial charge in [-0.25, -0.2) is 4.79 Å². The van der Waals surface area contributed by atoms with Crippen LogP contribution in [-0.4, -0.2) is 60.6 Å². The summed E-state index contributed by atoms with van der Waals surface area (Å²) in [4.78, 5) is 14.6. The normalized spacial score (nSPS) is 30.6. The summed E-state index contributed by atoms with van der Waals surface area (Å²) in [6.45, 7) is 5.26. The largest absolute Gasteiger partial charge is 0.350 e. The van der Waals surface area contributed by atoms with Crippen LogP contribution in [-0.2, 0) is 9.47 Å². The van der Waals surface area contributed by atoms with Crippen molar-refractivity contribution < 1.29 is 14.3 Å². The van der Waals surface area contributed by atoms with Crippen LogP contribution in [0.3, 0.4) is 0 Å². The maximum atomic E-state index is 12.6. The second-order valence-corrected chi connectivity index (χ2v) is 8.28. The van der Waals surface area contributed by atoms with Gasteiger partial charge < -0.3 is 19.7 Å². The van der Waals surface area contributed by atoms with E-state index in [1.807, 2.05) is 16.7 Å². The van der Waals surface area contributed by atoms with Crippen LogP contribution in [0.15, 0.2) is 0 Å². The first-order chi connectivity index (χ1) is 11.3. The molecule has 23 heavy (non-hydrogen) atoms. The van der Waals surface area contributed by atoms with Gasteiger partial charge >= 0.3 is 6.03 Å². The Kier molecular flexibility index (Phi) is 6.48. The second-order valence-electron chi connectivity index (χ2n) is 6.77. The van der Waals surface area contributed by atoms with Crippen LogP contribution >= 0.6 is 11.8 Å². The zero-order chi connectivity index (χ0) is 16.1. The molecule has 0 aromatic heterocycles. The van der Waals surface area contributed by atoms with Crippen molar-refractivity contribution in [3.8, 4) is 0 Å². The van der Waals surface area contributed by atoms with Gasteiger partial charge in [-0.15, -0.1) is 0 Å². The third-order valence-electron chi connectivity index (χ3n) is 5.25. The number of hydrogen-bond donors (Lipinski definition) is 1. The van der Waals surface area contributed by atoms with Crippen molar-refractivity contribution in [2.75, 3.05) is 32.1 Å². The Balaban J connectivity index is 1.45. The summed E-state index contributed by atoms with van der Waals surface area (Å²) in [5, 5.41) is 3.90. The number of nitrogens with one attached hydrogen (secondary N) is 1. The van der Waals surface area contributed by atoms with Crippen LogP contribution < -0.4 is 5.32 Å². The molecule has 0 radical (unpaired) electrons. The Bertz CT molecular complexity index is 380. The van der Waals surface area contributed by atoms with Crippen molar-refractivity contribution in [2.24, 2.45) is 5.92 Å². The summed E-state index contributed by atoms with van der Waals surface area (Å²) in [5.74, 6) is 1.57. The molecule has 1 saturated carbocycles. The average molecular weight is 343 g/mol. The van der Waals surface area contributed by atoms with Gasteiger partial charge in [-0.3, -0.25) is 0 Å². The van der Waals surface area contributed by atoms with Gasteiger partial charge in [0.2, 0.25) is 0 Å². The number of hydrogen-bond acceptors (Lipinski definition) is 4. The Morgan fingerprint density at radius 3 is 2.52 bits per heavy atom. The lowest BCUT2D eigenvalue weighted by atomic mass is 9.94. The third-order valence-corrected chi connectivity index (χ3v) is 6.58. The monoisotopic (exact) mass is 342 g/mol. The van der Waals surface area contributed by atoms with Crippen molar-refractivity contribution in [2.45, 2.75) is 63.0 Å². The molecule has 2 aliphatic heterocycles. The molecule has 1 N–H and O–H groups in total. The molecule has 0 bridgehead atoms. The zero-order valence-electron chi connectivity index (χ0n) is 14.2. The summed E-state index contributed by atoms with van der Waals surface area (Å²) in [6.07, 6.45) is 6.84. The molecule has 2 heterocycles. The smallest absolute Gasteiger partial charge is 0.317 e. The fourth-order valence-corrected chi connectivity index (χ4v) is 5.15. The average Bonchev–Trinajstić information content (AvgIpc) is 3.11. The number of amides is 2. The maximum Gasteiger partial charge on any atom is 0.317 e. The van der Waals surface area contributed by atoms with E-state index in [9.17, 15) is 4.79 Å². The van der Waals surface area contributed by atoms with Crippen molar-refractivity contribution in [3.63, 3.8) is 0 Å². The molecule has 3 rings (SSSR count). The lowest BCUT2D eigenvalue weighted by molar-refractivity contribution is -0.0952. The molecule has 0 spiro atoms. The topological polar surface area (TPSA) is 50.8 Å². The number of carbonyl (C=O) groups excluding carboxylic acids is 1. The van der Waals surface area contributed by atoms with Gasteiger partial charge in [-0.1, -0.05) is 19.8 Å². The molecule has 5 nitrogen and oxygen atoms in total. The molecular weight excluding hydrogens is 312 g/mol. The highest BCUT2D eigenvalue weighted by molar-refractivity contribution is 7.99. The summed E-state index contributed by atoms with van der Waals surface area (Å²) in [6, 6.07) is 0.478. The minimum Gasteiger partial charge on any atom is -0.350 e. The van der Waals surface area contributed by atoms with Crippen molar-refractivity contribution in [3.05, 3.63) is 0 Å². The van der Waals surface area contributed by atoms with E-state index in [1.54, 1.807) is 0 Å². The standard InChI is InChI=1S/C17H30N2O3S/c1-2-23-15-6-4-3-5-14(15)18-17(20)19-9-7-13(8-10-19)16-21-11-12-22-16/h13-16H,2-12H2,1H3,(H,18,20)/t14-,15+/m1/s1. The van der Waals surface area contributed by atoms with Crippen molar-refractivity contribution in [1.82, 2.24) is 10.2 Å². The quantitative estimate of drug-likeness (QED) is 0.853. The van der Waals surface area contributed by atoms with E-state index in [4.69, 9.17) is 9.47 Å².